The van der Waals surface area contributed by atoms with Gasteiger partial charge in [0, 0.05) is 31.5 Å². The highest BCUT2D eigenvalue weighted by molar-refractivity contribution is 4.97. The molecule has 2 atom stereocenters. The number of alkyl halides is 2. The van der Waals surface area contributed by atoms with E-state index in [2.05, 4.69) is 10.2 Å². The number of hydrogen-bond donors (Lipinski definition) is 1. The van der Waals surface area contributed by atoms with Crippen molar-refractivity contribution in [3.63, 3.8) is 0 Å². The van der Waals surface area contributed by atoms with E-state index in [1.807, 2.05) is 0 Å². The molecule has 1 saturated carbocycles. The Balaban J connectivity index is 1.67. The lowest BCUT2D eigenvalue weighted by atomic mass is 9.79. The molecule has 2 nitrogen and oxygen atoms in total. The van der Waals surface area contributed by atoms with Crippen molar-refractivity contribution in [2.75, 3.05) is 26.2 Å². The molecular weight excluding hydrogens is 222 g/mol. The second-order valence-electron chi connectivity index (χ2n) is 5.95. The monoisotopic (exact) mass is 244 g/mol. The fourth-order valence-electron chi connectivity index (χ4n) is 3.93. The van der Waals surface area contributed by atoms with Crippen molar-refractivity contribution in [1.82, 2.24) is 10.2 Å². The van der Waals surface area contributed by atoms with Crippen LogP contribution in [0.1, 0.15) is 32.1 Å². The Morgan fingerprint density at radius 1 is 1.06 bits per heavy atom. The van der Waals surface area contributed by atoms with Crippen molar-refractivity contribution in [1.29, 1.82) is 0 Å². The minimum Gasteiger partial charge on any atom is -0.317 e. The summed E-state index contributed by atoms with van der Waals surface area (Å²) in [4.78, 5) is 2.36. The van der Waals surface area contributed by atoms with Crippen LogP contribution in [0.15, 0.2) is 0 Å². The lowest BCUT2D eigenvalue weighted by Gasteiger charge is -2.33. The predicted molar refractivity (Wildman–Crippen MR) is 63.2 cm³/mol. The van der Waals surface area contributed by atoms with E-state index in [0.717, 1.165) is 38.9 Å². The highest BCUT2D eigenvalue weighted by Gasteiger charge is 2.51. The third kappa shape index (κ3) is 2.22. The molecule has 0 amide bonds. The molecule has 2 unspecified atom stereocenters. The molecule has 2 aliphatic heterocycles. The molecule has 1 N–H and O–H groups in total. The highest BCUT2D eigenvalue weighted by Crippen LogP contribution is 2.46. The van der Waals surface area contributed by atoms with Crippen LogP contribution >= 0.6 is 0 Å². The first-order valence-corrected chi connectivity index (χ1v) is 6.99. The van der Waals surface area contributed by atoms with E-state index in [9.17, 15) is 8.78 Å². The summed E-state index contributed by atoms with van der Waals surface area (Å²) in [5.74, 6) is -2.50. The van der Waals surface area contributed by atoms with Crippen LogP contribution in [0.4, 0.5) is 8.78 Å². The van der Waals surface area contributed by atoms with Gasteiger partial charge in [0.25, 0.3) is 5.92 Å². The smallest absolute Gasteiger partial charge is 0.252 e. The second-order valence-corrected chi connectivity index (χ2v) is 5.95. The van der Waals surface area contributed by atoms with Crippen LogP contribution in [0.5, 0.6) is 0 Å². The van der Waals surface area contributed by atoms with E-state index in [0.29, 0.717) is 19.0 Å². The summed E-state index contributed by atoms with van der Waals surface area (Å²) >= 11 is 0. The van der Waals surface area contributed by atoms with Crippen LogP contribution in [0.25, 0.3) is 0 Å². The van der Waals surface area contributed by atoms with Crippen LogP contribution < -0.4 is 5.32 Å². The zero-order valence-electron chi connectivity index (χ0n) is 10.3. The van der Waals surface area contributed by atoms with Gasteiger partial charge in [0.1, 0.15) is 0 Å². The Morgan fingerprint density at radius 2 is 1.82 bits per heavy atom. The van der Waals surface area contributed by atoms with Gasteiger partial charge < -0.3 is 5.32 Å². The van der Waals surface area contributed by atoms with E-state index in [1.165, 1.54) is 0 Å². The summed E-state index contributed by atoms with van der Waals surface area (Å²) in [6, 6.07) is 0.553. The maximum absolute atomic E-state index is 13.9. The van der Waals surface area contributed by atoms with Crippen LogP contribution in [0.3, 0.4) is 0 Å². The standard InChI is InChI=1S/C13H22F2N2/c14-13(15)5-1-2-10-8-17(9-12(10)13)11-3-6-16-7-4-11/h10-12,16H,1-9H2. The molecule has 3 aliphatic rings. The van der Waals surface area contributed by atoms with Gasteiger partial charge in [-0.2, -0.15) is 0 Å². The van der Waals surface area contributed by atoms with Gasteiger partial charge in [0.2, 0.25) is 0 Å². The summed E-state index contributed by atoms with van der Waals surface area (Å²) in [6.45, 7) is 3.66. The summed E-state index contributed by atoms with van der Waals surface area (Å²) in [6.07, 6.45) is 4.11. The molecule has 0 aromatic carbocycles. The Kier molecular flexibility index (Phi) is 3.11. The zero-order chi connectivity index (χ0) is 11.9. The number of rotatable bonds is 1. The number of hydrogen-bond acceptors (Lipinski definition) is 2. The van der Waals surface area contributed by atoms with E-state index < -0.39 is 5.92 Å². The van der Waals surface area contributed by atoms with Gasteiger partial charge in [-0.05, 0) is 44.7 Å². The number of nitrogens with one attached hydrogen (secondary N) is 1. The van der Waals surface area contributed by atoms with Crippen LogP contribution in [0, 0.1) is 11.8 Å². The number of nitrogens with zero attached hydrogens (tertiary/aromatic N) is 1. The molecule has 17 heavy (non-hydrogen) atoms. The fraction of sp³-hybridized carbons (Fsp3) is 1.00. The van der Waals surface area contributed by atoms with Crippen molar-refractivity contribution in [3.8, 4) is 0 Å². The average molecular weight is 244 g/mol. The van der Waals surface area contributed by atoms with Crippen molar-refractivity contribution < 1.29 is 8.78 Å². The first-order valence-electron chi connectivity index (χ1n) is 6.99. The Bertz CT molecular complexity index is 277. The van der Waals surface area contributed by atoms with E-state index in [-0.39, 0.29) is 18.3 Å². The maximum atomic E-state index is 13.9. The first kappa shape index (κ1) is 11.8. The molecule has 3 fully saturated rings. The highest BCUT2D eigenvalue weighted by atomic mass is 19.3. The molecule has 0 aromatic rings. The third-order valence-electron chi connectivity index (χ3n) is 4.92. The molecule has 2 saturated heterocycles. The Hall–Kier alpha value is -0.220. The minimum atomic E-state index is -2.40. The minimum absolute atomic E-state index is 0.119. The summed E-state index contributed by atoms with van der Waals surface area (Å²) in [7, 11) is 0. The van der Waals surface area contributed by atoms with E-state index in [4.69, 9.17) is 0 Å². The van der Waals surface area contributed by atoms with Gasteiger partial charge in [-0.1, -0.05) is 0 Å². The van der Waals surface area contributed by atoms with Gasteiger partial charge >= 0.3 is 0 Å². The van der Waals surface area contributed by atoms with Crippen molar-refractivity contribution in [2.24, 2.45) is 11.8 Å². The predicted octanol–water partition coefficient (Wildman–Crippen LogP) is 2.11. The van der Waals surface area contributed by atoms with Gasteiger partial charge in [-0.15, -0.1) is 0 Å². The summed E-state index contributed by atoms with van der Waals surface area (Å²) in [5, 5.41) is 3.34. The largest absolute Gasteiger partial charge is 0.317 e. The molecular formula is C13H22F2N2. The third-order valence-corrected chi connectivity index (χ3v) is 4.92. The molecule has 1 aliphatic carbocycles. The van der Waals surface area contributed by atoms with Crippen molar-refractivity contribution >= 4 is 0 Å². The van der Waals surface area contributed by atoms with Gasteiger partial charge in [-0.25, -0.2) is 8.78 Å². The van der Waals surface area contributed by atoms with E-state index >= 15 is 0 Å². The molecule has 0 aromatic heterocycles. The number of halogens is 2. The zero-order valence-corrected chi connectivity index (χ0v) is 10.3. The van der Waals surface area contributed by atoms with Crippen LogP contribution in [-0.2, 0) is 0 Å². The summed E-state index contributed by atoms with van der Waals surface area (Å²) in [5.41, 5.74) is 0. The lowest BCUT2D eigenvalue weighted by molar-refractivity contribution is -0.0950. The number of fused-ring (bicyclic) bond motifs is 1. The van der Waals surface area contributed by atoms with Gasteiger partial charge in [0.05, 0.1) is 0 Å². The molecule has 0 bridgehead atoms. The van der Waals surface area contributed by atoms with Crippen molar-refractivity contribution in [2.45, 2.75) is 44.1 Å². The average Bonchev–Trinajstić information content (AvgIpc) is 2.75. The second kappa shape index (κ2) is 4.47. The quantitative estimate of drug-likeness (QED) is 0.760. The number of piperidine rings is 1. The molecule has 98 valence electrons. The Morgan fingerprint density at radius 3 is 2.53 bits per heavy atom. The Labute approximate surface area is 102 Å². The van der Waals surface area contributed by atoms with Gasteiger partial charge in [-0.3, -0.25) is 4.90 Å². The molecule has 3 rings (SSSR count). The molecule has 0 radical (unpaired) electrons. The van der Waals surface area contributed by atoms with Crippen LogP contribution in [0.2, 0.25) is 0 Å². The molecule has 2 heterocycles. The molecule has 4 heteroatoms. The fourth-order valence-corrected chi connectivity index (χ4v) is 3.93. The molecule has 0 spiro atoms. The maximum Gasteiger partial charge on any atom is 0.252 e. The van der Waals surface area contributed by atoms with Gasteiger partial charge in [0.15, 0.2) is 0 Å². The topological polar surface area (TPSA) is 15.3 Å². The van der Waals surface area contributed by atoms with E-state index in [1.54, 1.807) is 0 Å². The van der Waals surface area contributed by atoms with Crippen molar-refractivity contribution in [3.05, 3.63) is 0 Å². The number of likely N-dealkylation sites (tertiary alicyclic amines) is 1. The SMILES string of the molecule is FC1(F)CCCC2CN(C3CCNCC3)CC21. The lowest BCUT2D eigenvalue weighted by Crippen LogP contribution is -2.43. The van der Waals surface area contributed by atoms with Crippen LogP contribution in [-0.4, -0.2) is 43.0 Å². The normalized spacial score (nSPS) is 39.2. The summed E-state index contributed by atoms with van der Waals surface area (Å²) < 4.78 is 27.7. The first-order chi connectivity index (χ1) is 8.17.